The van der Waals surface area contributed by atoms with Gasteiger partial charge in [0.2, 0.25) is 0 Å². The Kier molecular flexibility index (Phi) is 2.14. The van der Waals surface area contributed by atoms with Crippen molar-refractivity contribution in [2.75, 3.05) is 0 Å². The van der Waals surface area contributed by atoms with Gasteiger partial charge in [-0.2, -0.15) is 0 Å². The molecule has 4 aromatic rings. The van der Waals surface area contributed by atoms with Crippen LogP contribution >= 0.6 is 22.9 Å². The van der Waals surface area contributed by atoms with Crippen LogP contribution in [-0.4, -0.2) is 0 Å². The average Bonchev–Trinajstić information content (AvgIpc) is 2.78. The number of fused-ring (bicyclic) bond motifs is 5. The highest BCUT2D eigenvalue weighted by Crippen LogP contribution is 2.37. The number of halogens is 1. The Labute approximate surface area is 113 Å². The van der Waals surface area contributed by atoms with Gasteiger partial charge in [0.05, 0.1) is 4.34 Å². The lowest BCUT2D eigenvalue weighted by molar-refractivity contribution is 1.80. The lowest BCUT2D eigenvalue weighted by Crippen LogP contribution is -1.77. The highest BCUT2D eigenvalue weighted by atomic mass is 35.5. The maximum Gasteiger partial charge on any atom is 0.0941 e. The lowest BCUT2D eigenvalue weighted by atomic mass is 9.99. The van der Waals surface area contributed by atoms with Gasteiger partial charge in [-0.1, -0.05) is 54.1 Å². The minimum Gasteiger partial charge on any atom is -0.123 e. The van der Waals surface area contributed by atoms with E-state index < -0.39 is 0 Å². The number of rotatable bonds is 0. The third-order valence-electron chi connectivity index (χ3n) is 3.38. The number of thiophene rings is 1. The van der Waals surface area contributed by atoms with Crippen molar-refractivity contribution in [3.8, 4) is 0 Å². The molecule has 0 amide bonds. The van der Waals surface area contributed by atoms with Gasteiger partial charge in [-0.25, -0.2) is 0 Å². The van der Waals surface area contributed by atoms with Gasteiger partial charge in [-0.05, 0) is 33.7 Å². The van der Waals surface area contributed by atoms with Crippen molar-refractivity contribution in [3.05, 3.63) is 58.9 Å². The highest BCUT2D eigenvalue weighted by Gasteiger charge is 2.07. The van der Waals surface area contributed by atoms with Gasteiger partial charge in [-0.15, -0.1) is 11.3 Å². The van der Waals surface area contributed by atoms with Gasteiger partial charge in [0.25, 0.3) is 0 Å². The summed E-state index contributed by atoms with van der Waals surface area (Å²) in [6.07, 6.45) is 0. The molecule has 86 valence electrons. The third-order valence-corrected chi connectivity index (χ3v) is 4.60. The Bertz CT molecular complexity index is 889. The molecule has 0 atom stereocenters. The van der Waals surface area contributed by atoms with Crippen molar-refractivity contribution in [1.29, 1.82) is 0 Å². The first kappa shape index (κ1) is 10.4. The molecule has 4 rings (SSSR count). The number of hydrogen-bond acceptors (Lipinski definition) is 1. The Morgan fingerprint density at radius 1 is 0.778 bits per heavy atom. The number of hydrogen-bond donors (Lipinski definition) is 0. The fourth-order valence-electron chi connectivity index (χ4n) is 2.59. The second-order valence-corrected chi connectivity index (χ2v) is 6.13. The van der Waals surface area contributed by atoms with Gasteiger partial charge in [0.15, 0.2) is 0 Å². The molecular formula is C16H9ClS. The zero-order valence-corrected chi connectivity index (χ0v) is 11.1. The van der Waals surface area contributed by atoms with Crippen LogP contribution in [0.5, 0.6) is 0 Å². The smallest absolute Gasteiger partial charge is 0.0941 e. The average molecular weight is 269 g/mol. The monoisotopic (exact) mass is 268 g/mol. The molecule has 0 fully saturated rings. The molecule has 0 aliphatic rings. The largest absolute Gasteiger partial charge is 0.123 e. The van der Waals surface area contributed by atoms with E-state index in [1.807, 2.05) is 0 Å². The van der Waals surface area contributed by atoms with Gasteiger partial charge in [0.1, 0.15) is 0 Å². The summed E-state index contributed by atoms with van der Waals surface area (Å²) >= 11 is 7.79. The van der Waals surface area contributed by atoms with Crippen LogP contribution in [0.15, 0.2) is 54.6 Å². The molecule has 3 aromatic carbocycles. The summed E-state index contributed by atoms with van der Waals surface area (Å²) in [5.41, 5.74) is 0. The predicted octanol–water partition coefficient (Wildman–Crippen LogP) is 5.86. The fourth-order valence-corrected chi connectivity index (χ4v) is 3.74. The van der Waals surface area contributed by atoms with E-state index in [1.54, 1.807) is 11.3 Å². The first-order valence-electron chi connectivity index (χ1n) is 5.82. The Hall–Kier alpha value is -1.57. The van der Waals surface area contributed by atoms with E-state index in [-0.39, 0.29) is 0 Å². The van der Waals surface area contributed by atoms with Gasteiger partial charge in [-0.3, -0.25) is 0 Å². The molecular weight excluding hydrogens is 260 g/mol. The van der Waals surface area contributed by atoms with Crippen molar-refractivity contribution >= 4 is 54.6 Å². The van der Waals surface area contributed by atoms with E-state index in [0.717, 1.165) is 4.34 Å². The molecule has 1 aromatic heterocycles. The standard InChI is InChI=1S/C16H9ClS/c17-15-9-13-14(18-15)8-7-11-6-5-10-3-1-2-4-12(10)16(11)13/h1-9H. The van der Waals surface area contributed by atoms with Crippen LogP contribution in [0.2, 0.25) is 4.34 Å². The summed E-state index contributed by atoms with van der Waals surface area (Å²) in [5, 5.41) is 6.43. The molecule has 0 radical (unpaired) electrons. The SMILES string of the molecule is Clc1cc2c(ccc3ccc4ccccc4c32)s1. The molecule has 1 heterocycles. The van der Waals surface area contributed by atoms with Gasteiger partial charge < -0.3 is 0 Å². The van der Waals surface area contributed by atoms with E-state index in [0.29, 0.717) is 0 Å². The summed E-state index contributed by atoms with van der Waals surface area (Å²) < 4.78 is 2.11. The number of benzene rings is 3. The molecule has 0 nitrogen and oxygen atoms in total. The van der Waals surface area contributed by atoms with Crippen LogP contribution in [0, 0.1) is 0 Å². The predicted molar refractivity (Wildman–Crippen MR) is 81.8 cm³/mol. The Balaban J connectivity index is 2.37. The van der Waals surface area contributed by atoms with Crippen molar-refractivity contribution in [2.24, 2.45) is 0 Å². The molecule has 2 heteroatoms. The summed E-state index contributed by atoms with van der Waals surface area (Å²) in [4.78, 5) is 0. The first-order chi connectivity index (χ1) is 8.83. The van der Waals surface area contributed by atoms with E-state index in [1.165, 1.54) is 31.6 Å². The summed E-state index contributed by atoms with van der Waals surface area (Å²) in [5.74, 6) is 0. The second kappa shape index (κ2) is 3.71. The summed E-state index contributed by atoms with van der Waals surface area (Å²) in [6, 6.07) is 19.3. The molecule has 0 aliphatic heterocycles. The van der Waals surface area contributed by atoms with Crippen LogP contribution in [0.25, 0.3) is 31.6 Å². The fraction of sp³-hybridized carbons (Fsp3) is 0. The van der Waals surface area contributed by atoms with Crippen molar-refractivity contribution in [1.82, 2.24) is 0 Å². The molecule has 0 bridgehead atoms. The normalized spacial score (nSPS) is 11.6. The minimum atomic E-state index is 0.852. The molecule has 0 spiro atoms. The van der Waals surface area contributed by atoms with Gasteiger partial charge >= 0.3 is 0 Å². The van der Waals surface area contributed by atoms with Crippen LogP contribution in [-0.2, 0) is 0 Å². The zero-order valence-electron chi connectivity index (χ0n) is 9.48. The molecule has 0 saturated heterocycles. The highest BCUT2D eigenvalue weighted by molar-refractivity contribution is 7.22. The van der Waals surface area contributed by atoms with E-state index >= 15 is 0 Å². The van der Waals surface area contributed by atoms with Crippen LogP contribution in [0.4, 0.5) is 0 Å². The molecule has 0 N–H and O–H groups in total. The quantitative estimate of drug-likeness (QED) is 0.350. The second-order valence-electron chi connectivity index (χ2n) is 4.41. The minimum absolute atomic E-state index is 0.852. The van der Waals surface area contributed by atoms with Gasteiger partial charge in [0, 0.05) is 10.1 Å². The van der Waals surface area contributed by atoms with E-state index in [9.17, 15) is 0 Å². The molecule has 0 unspecified atom stereocenters. The van der Waals surface area contributed by atoms with E-state index in [2.05, 4.69) is 54.6 Å². The maximum atomic E-state index is 6.15. The zero-order chi connectivity index (χ0) is 12.1. The molecule has 0 saturated carbocycles. The van der Waals surface area contributed by atoms with Crippen LogP contribution in [0.3, 0.4) is 0 Å². The van der Waals surface area contributed by atoms with Crippen molar-refractivity contribution in [2.45, 2.75) is 0 Å². The lowest BCUT2D eigenvalue weighted by Gasteiger charge is -2.05. The van der Waals surface area contributed by atoms with Crippen molar-refractivity contribution in [3.63, 3.8) is 0 Å². The first-order valence-corrected chi connectivity index (χ1v) is 7.02. The third kappa shape index (κ3) is 1.38. The van der Waals surface area contributed by atoms with Crippen molar-refractivity contribution < 1.29 is 0 Å². The summed E-state index contributed by atoms with van der Waals surface area (Å²) in [7, 11) is 0. The summed E-state index contributed by atoms with van der Waals surface area (Å²) in [6.45, 7) is 0. The van der Waals surface area contributed by atoms with Crippen LogP contribution in [0.1, 0.15) is 0 Å². The molecule has 18 heavy (non-hydrogen) atoms. The Morgan fingerprint density at radius 2 is 1.56 bits per heavy atom. The Morgan fingerprint density at radius 3 is 2.50 bits per heavy atom. The maximum absolute atomic E-state index is 6.15. The van der Waals surface area contributed by atoms with E-state index in [4.69, 9.17) is 11.6 Å². The molecule has 0 aliphatic carbocycles. The topological polar surface area (TPSA) is 0 Å². The van der Waals surface area contributed by atoms with Crippen LogP contribution < -0.4 is 0 Å².